The summed E-state index contributed by atoms with van der Waals surface area (Å²) in [7, 11) is 0. The van der Waals surface area contributed by atoms with Gasteiger partial charge in [-0.05, 0) is 37.1 Å². The Morgan fingerprint density at radius 3 is 2.14 bits per heavy atom. The van der Waals surface area contributed by atoms with E-state index in [1.807, 2.05) is 50.2 Å². The van der Waals surface area contributed by atoms with Gasteiger partial charge in [-0.15, -0.1) is 0 Å². The molecule has 2 aromatic rings. The van der Waals surface area contributed by atoms with Crippen LogP contribution >= 0.6 is 11.6 Å². The van der Waals surface area contributed by atoms with Crippen LogP contribution in [-0.2, 0) is 4.79 Å². The van der Waals surface area contributed by atoms with Crippen molar-refractivity contribution in [3.05, 3.63) is 70.2 Å². The monoisotopic (exact) mass is 302 g/mol. The predicted octanol–water partition coefficient (Wildman–Crippen LogP) is 3.53. The van der Waals surface area contributed by atoms with Gasteiger partial charge in [0.1, 0.15) is 6.04 Å². The van der Waals surface area contributed by atoms with Crippen LogP contribution in [0.5, 0.6) is 0 Å². The fraction of sp³-hybridized carbons (Fsp3) is 0.235. The number of hydrogen-bond donors (Lipinski definition) is 2. The van der Waals surface area contributed by atoms with Crippen molar-refractivity contribution in [1.29, 1.82) is 0 Å². The molecule has 0 aliphatic rings. The lowest BCUT2D eigenvalue weighted by molar-refractivity contribution is -0.123. The fourth-order valence-corrected chi connectivity index (χ4v) is 2.19. The first-order chi connectivity index (χ1) is 9.97. The van der Waals surface area contributed by atoms with Gasteiger partial charge in [-0.2, -0.15) is 0 Å². The summed E-state index contributed by atoms with van der Waals surface area (Å²) in [6, 6.07) is 14.3. The Balaban J connectivity index is 2.03. The fourth-order valence-electron chi connectivity index (χ4n) is 2.06. The van der Waals surface area contributed by atoms with Crippen LogP contribution < -0.4 is 11.1 Å². The van der Waals surface area contributed by atoms with Gasteiger partial charge >= 0.3 is 0 Å². The molecule has 0 aromatic heterocycles. The van der Waals surface area contributed by atoms with Gasteiger partial charge in [-0.25, -0.2) is 0 Å². The van der Waals surface area contributed by atoms with E-state index in [1.165, 1.54) is 0 Å². The Labute approximate surface area is 130 Å². The smallest absolute Gasteiger partial charge is 0.241 e. The Bertz CT molecular complexity index is 608. The van der Waals surface area contributed by atoms with Crippen molar-refractivity contribution in [2.24, 2.45) is 5.73 Å². The Kier molecular flexibility index (Phi) is 4.99. The molecule has 0 saturated carbocycles. The molecule has 0 heterocycles. The molecule has 0 bridgehead atoms. The molecule has 1 amide bonds. The van der Waals surface area contributed by atoms with Crippen LogP contribution in [0.15, 0.2) is 48.5 Å². The lowest BCUT2D eigenvalue weighted by atomic mass is 10.0. The van der Waals surface area contributed by atoms with Gasteiger partial charge in [0.15, 0.2) is 0 Å². The Morgan fingerprint density at radius 2 is 1.57 bits per heavy atom. The molecule has 0 fully saturated rings. The van der Waals surface area contributed by atoms with Crippen LogP contribution in [-0.4, -0.2) is 5.91 Å². The summed E-state index contributed by atoms with van der Waals surface area (Å²) in [5.41, 5.74) is 8.94. The number of amides is 1. The van der Waals surface area contributed by atoms with Crippen LogP contribution in [0.4, 0.5) is 0 Å². The van der Waals surface area contributed by atoms with Crippen molar-refractivity contribution in [1.82, 2.24) is 5.32 Å². The summed E-state index contributed by atoms with van der Waals surface area (Å²) in [5, 5.41) is 3.60. The van der Waals surface area contributed by atoms with Crippen molar-refractivity contribution in [2.75, 3.05) is 0 Å². The van der Waals surface area contributed by atoms with Crippen LogP contribution in [0.3, 0.4) is 0 Å². The number of benzene rings is 2. The molecule has 2 atom stereocenters. The minimum absolute atomic E-state index is 0.119. The molecule has 0 spiro atoms. The number of nitrogens with two attached hydrogens (primary N) is 1. The zero-order valence-corrected chi connectivity index (χ0v) is 12.9. The summed E-state index contributed by atoms with van der Waals surface area (Å²) >= 11 is 5.86. The van der Waals surface area contributed by atoms with E-state index in [4.69, 9.17) is 17.3 Å². The normalized spacial score (nSPS) is 13.5. The highest BCUT2D eigenvalue weighted by molar-refractivity contribution is 6.30. The number of rotatable bonds is 4. The number of carbonyl (C=O) groups is 1. The number of aryl methyl sites for hydroxylation is 1. The molecule has 0 aliphatic carbocycles. The zero-order chi connectivity index (χ0) is 15.4. The summed E-state index contributed by atoms with van der Waals surface area (Å²) in [5.74, 6) is -0.193. The molecule has 0 saturated heterocycles. The third-order valence-electron chi connectivity index (χ3n) is 3.45. The maximum Gasteiger partial charge on any atom is 0.241 e. The van der Waals surface area contributed by atoms with Crippen LogP contribution in [0, 0.1) is 6.92 Å². The highest BCUT2D eigenvalue weighted by Crippen LogP contribution is 2.18. The first-order valence-corrected chi connectivity index (χ1v) is 7.23. The topological polar surface area (TPSA) is 55.1 Å². The maximum absolute atomic E-state index is 12.2. The highest BCUT2D eigenvalue weighted by atomic mass is 35.5. The van der Waals surface area contributed by atoms with Crippen LogP contribution in [0.1, 0.15) is 35.7 Å². The van der Waals surface area contributed by atoms with E-state index in [-0.39, 0.29) is 11.9 Å². The minimum atomic E-state index is -0.666. The third-order valence-corrected chi connectivity index (χ3v) is 3.70. The van der Waals surface area contributed by atoms with Gasteiger partial charge in [-0.1, -0.05) is 53.6 Å². The van der Waals surface area contributed by atoms with E-state index >= 15 is 0 Å². The molecule has 21 heavy (non-hydrogen) atoms. The largest absolute Gasteiger partial charge is 0.348 e. The van der Waals surface area contributed by atoms with E-state index in [0.717, 1.165) is 16.7 Å². The second-order valence-corrected chi connectivity index (χ2v) is 5.61. The first-order valence-electron chi connectivity index (χ1n) is 6.85. The Hall–Kier alpha value is -1.84. The van der Waals surface area contributed by atoms with Crippen molar-refractivity contribution in [2.45, 2.75) is 25.9 Å². The van der Waals surface area contributed by atoms with Gasteiger partial charge < -0.3 is 11.1 Å². The standard InChI is InChI=1S/C17H19ClN2O/c1-11-3-5-14(6-4-11)16(19)17(21)20-12(2)13-7-9-15(18)10-8-13/h3-10,12,16H,19H2,1-2H3,(H,20,21)/t12-,16?/m1/s1. The van der Waals surface area contributed by atoms with E-state index < -0.39 is 6.04 Å². The van der Waals surface area contributed by atoms with Gasteiger partial charge in [0.05, 0.1) is 6.04 Å². The minimum Gasteiger partial charge on any atom is -0.348 e. The van der Waals surface area contributed by atoms with E-state index in [1.54, 1.807) is 12.1 Å². The molecular weight excluding hydrogens is 284 g/mol. The van der Waals surface area contributed by atoms with Crippen molar-refractivity contribution in [3.63, 3.8) is 0 Å². The number of nitrogens with one attached hydrogen (secondary N) is 1. The second-order valence-electron chi connectivity index (χ2n) is 5.17. The summed E-state index contributed by atoms with van der Waals surface area (Å²) < 4.78 is 0. The van der Waals surface area contributed by atoms with Crippen molar-refractivity contribution >= 4 is 17.5 Å². The molecule has 0 aliphatic heterocycles. The Morgan fingerprint density at radius 1 is 1.05 bits per heavy atom. The second kappa shape index (κ2) is 6.74. The average Bonchev–Trinajstić information content (AvgIpc) is 2.47. The van der Waals surface area contributed by atoms with Gasteiger partial charge in [-0.3, -0.25) is 4.79 Å². The molecule has 0 radical (unpaired) electrons. The van der Waals surface area contributed by atoms with E-state index in [2.05, 4.69) is 5.32 Å². The van der Waals surface area contributed by atoms with Crippen LogP contribution in [0.25, 0.3) is 0 Å². The SMILES string of the molecule is Cc1ccc(C(N)C(=O)N[C@H](C)c2ccc(Cl)cc2)cc1. The molecule has 3 N–H and O–H groups in total. The lowest BCUT2D eigenvalue weighted by Crippen LogP contribution is -2.35. The molecule has 1 unspecified atom stereocenters. The maximum atomic E-state index is 12.2. The first kappa shape index (κ1) is 15.5. The number of halogens is 1. The van der Waals surface area contributed by atoms with E-state index in [0.29, 0.717) is 5.02 Å². The van der Waals surface area contributed by atoms with Gasteiger partial charge in [0.2, 0.25) is 5.91 Å². The number of carbonyl (C=O) groups excluding carboxylic acids is 1. The predicted molar refractivity (Wildman–Crippen MR) is 86.1 cm³/mol. The molecular formula is C17H19ClN2O. The third kappa shape index (κ3) is 4.06. The van der Waals surface area contributed by atoms with Crippen LogP contribution in [0.2, 0.25) is 5.02 Å². The lowest BCUT2D eigenvalue weighted by Gasteiger charge is -2.18. The molecule has 2 rings (SSSR count). The summed E-state index contributed by atoms with van der Waals surface area (Å²) in [4.78, 5) is 12.2. The molecule has 110 valence electrons. The average molecular weight is 303 g/mol. The van der Waals surface area contributed by atoms with Crippen molar-refractivity contribution < 1.29 is 4.79 Å². The molecule has 3 nitrogen and oxygen atoms in total. The molecule has 4 heteroatoms. The molecule has 2 aromatic carbocycles. The highest BCUT2D eigenvalue weighted by Gasteiger charge is 2.18. The number of hydrogen-bond acceptors (Lipinski definition) is 2. The zero-order valence-electron chi connectivity index (χ0n) is 12.1. The van der Waals surface area contributed by atoms with Crippen molar-refractivity contribution in [3.8, 4) is 0 Å². The van der Waals surface area contributed by atoms with Gasteiger partial charge in [0, 0.05) is 5.02 Å². The summed E-state index contributed by atoms with van der Waals surface area (Å²) in [6.07, 6.45) is 0. The quantitative estimate of drug-likeness (QED) is 0.908. The summed E-state index contributed by atoms with van der Waals surface area (Å²) in [6.45, 7) is 3.92. The van der Waals surface area contributed by atoms with Gasteiger partial charge in [0.25, 0.3) is 0 Å². The van der Waals surface area contributed by atoms with E-state index in [9.17, 15) is 4.79 Å².